The first-order valence-corrected chi connectivity index (χ1v) is 6.07. The number of nitrogens with zero attached hydrogens (tertiary/aromatic N) is 1. The van der Waals surface area contributed by atoms with Crippen LogP contribution in [0.5, 0.6) is 5.75 Å². The van der Waals surface area contributed by atoms with Crippen LogP contribution in [-0.2, 0) is 11.3 Å². The lowest BCUT2D eigenvalue weighted by molar-refractivity contribution is -0.125. The Labute approximate surface area is 102 Å². The van der Waals surface area contributed by atoms with Gasteiger partial charge in [0.05, 0.1) is 7.11 Å². The van der Waals surface area contributed by atoms with Crippen molar-refractivity contribution in [2.45, 2.75) is 19.9 Å². The molecule has 0 spiro atoms. The molecule has 1 aromatic carbocycles. The summed E-state index contributed by atoms with van der Waals surface area (Å²) in [7, 11) is 1.70. The Morgan fingerprint density at radius 2 is 2.18 bits per heavy atom. The van der Waals surface area contributed by atoms with Crippen LogP contribution in [0.15, 0.2) is 24.3 Å². The average molecular weight is 233 g/mol. The van der Waals surface area contributed by atoms with Gasteiger partial charge in [-0.1, -0.05) is 25.1 Å². The zero-order chi connectivity index (χ0) is 12.3. The van der Waals surface area contributed by atoms with Crippen LogP contribution in [0.3, 0.4) is 0 Å². The highest BCUT2D eigenvalue weighted by molar-refractivity contribution is 5.81. The number of Topliss-reactive ketones (excluding diaryl/α,β-unsaturated/α-hetero) is 1. The van der Waals surface area contributed by atoms with Crippen molar-refractivity contribution >= 4 is 5.78 Å². The number of hydrogen-bond donors (Lipinski definition) is 0. The number of ketones is 1. The Bertz CT molecular complexity index is 403. The van der Waals surface area contributed by atoms with Gasteiger partial charge in [-0.25, -0.2) is 0 Å². The molecule has 3 heteroatoms. The Balaban J connectivity index is 2.03. The summed E-state index contributed by atoms with van der Waals surface area (Å²) in [4.78, 5) is 13.8. The fourth-order valence-corrected chi connectivity index (χ4v) is 2.31. The first-order valence-electron chi connectivity index (χ1n) is 6.07. The molecule has 0 bridgehead atoms. The second-order valence-corrected chi connectivity index (χ2v) is 4.66. The molecule has 1 heterocycles. The third kappa shape index (κ3) is 2.86. The minimum absolute atomic E-state index is 0.165. The molecular formula is C14H19NO2. The molecule has 1 atom stereocenters. The topological polar surface area (TPSA) is 29.5 Å². The van der Waals surface area contributed by atoms with E-state index < -0.39 is 0 Å². The lowest BCUT2D eigenvalue weighted by Crippen LogP contribution is -2.39. The van der Waals surface area contributed by atoms with Crippen molar-refractivity contribution in [3.63, 3.8) is 0 Å². The van der Waals surface area contributed by atoms with Crippen molar-refractivity contribution in [1.29, 1.82) is 0 Å². The van der Waals surface area contributed by atoms with Crippen molar-refractivity contribution in [3.8, 4) is 5.75 Å². The normalized spacial score (nSPS) is 21.5. The number of piperidine rings is 1. The first kappa shape index (κ1) is 12.1. The van der Waals surface area contributed by atoms with E-state index in [-0.39, 0.29) is 5.92 Å². The molecule has 0 aromatic heterocycles. The predicted octanol–water partition coefficient (Wildman–Crippen LogP) is 2.11. The minimum Gasteiger partial charge on any atom is -0.496 e. The molecule has 0 aliphatic carbocycles. The van der Waals surface area contributed by atoms with Crippen LogP contribution in [0.4, 0.5) is 0 Å². The van der Waals surface area contributed by atoms with Crippen LogP contribution in [0.2, 0.25) is 0 Å². The fourth-order valence-electron chi connectivity index (χ4n) is 2.31. The van der Waals surface area contributed by atoms with Gasteiger partial charge in [0.15, 0.2) is 0 Å². The largest absolute Gasteiger partial charge is 0.496 e. The van der Waals surface area contributed by atoms with Gasteiger partial charge in [0, 0.05) is 37.5 Å². The average Bonchev–Trinajstić information content (AvgIpc) is 2.34. The van der Waals surface area contributed by atoms with Crippen molar-refractivity contribution in [3.05, 3.63) is 29.8 Å². The van der Waals surface area contributed by atoms with Gasteiger partial charge in [-0.15, -0.1) is 0 Å². The molecule has 0 N–H and O–H groups in total. The summed E-state index contributed by atoms with van der Waals surface area (Å²) in [5.74, 6) is 1.48. The van der Waals surface area contributed by atoms with Gasteiger partial charge in [0.2, 0.25) is 0 Å². The smallest absolute Gasteiger partial charge is 0.138 e. The van der Waals surface area contributed by atoms with E-state index in [1.54, 1.807) is 7.11 Å². The van der Waals surface area contributed by atoms with Crippen molar-refractivity contribution in [2.24, 2.45) is 5.92 Å². The zero-order valence-corrected chi connectivity index (χ0v) is 10.5. The molecule has 0 radical (unpaired) electrons. The third-order valence-electron chi connectivity index (χ3n) is 3.34. The van der Waals surface area contributed by atoms with E-state index in [2.05, 4.69) is 11.0 Å². The van der Waals surface area contributed by atoms with Gasteiger partial charge in [-0.2, -0.15) is 0 Å². The van der Waals surface area contributed by atoms with Gasteiger partial charge in [0.1, 0.15) is 11.5 Å². The predicted molar refractivity (Wildman–Crippen MR) is 67.1 cm³/mol. The molecule has 1 aromatic rings. The molecule has 3 nitrogen and oxygen atoms in total. The molecule has 1 unspecified atom stereocenters. The van der Waals surface area contributed by atoms with Crippen LogP contribution in [0.1, 0.15) is 18.9 Å². The lowest BCUT2D eigenvalue weighted by atomic mass is 9.98. The molecule has 17 heavy (non-hydrogen) atoms. The standard InChI is InChI=1S/C14H19NO2/c1-11-9-15(8-7-13(11)16)10-12-5-3-4-6-14(12)17-2/h3-6,11H,7-10H2,1-2H3. The molecule has 1 fully saturated rings. The summed E-state index contributed by atoms with van der Waals surface area (Å²) >= 11 is 0. The number of methoxy groups -OCH3 is 1. The number of carbonyl (C=O) groups is 1. The van der Waals surface area contributed by atoms with Crippen LogP contribution in [0.25, 0.3) is 0 Å². The molecular weight excluding hydrogens is 214 g/mol. The Hall–Kier alpha value is -1.35. The molecule has 0 amide bonds. The summed E-state index contributed by atoms with van der Waals surface area (Å²) in [6.45, 7) is 4.59. The Kier molecular flexibility index (Phi) is 3.79. The summed E-state index contributed by atoms with van der Waals surface area (Å²) < 4.78 is 5.34. The van der Waals surface area contributed by atoms with Crippen molar-refractivity contribution in [2.75, 3.05) is 20.2 Å². The summed E-state index contributed by atoms with van der Waals surface area (Å²) in [6.07, 6.45) is 0.677. The lowest BCUT2D eigenvalue weighted by Gasteiger charge is -2.30. The van der Waals surface area contributed by atoms with E-state index in [1.165, 1.54) is 5.56 Å². The zero-order valence-electron chi connectivity index (χ0n) is 10.5. The van der Waals surface area contributed by atoms with Crippen molar-refractivity contribution < 1.29 is 9.53 Å². The monoisotopic (exact) mass is 233 g/mol. The Morgan fingerprint density at radius 3 is 2.88 bits per heavy atom. The van der Waals surface area contributed by atoms with Gasteiger partial charge in [-0.3, -0.25) is 9.69 Å². The number of hydrogen-bond acceptors (Lipinski definition) is 3. The van der Waals surface area contributed by atoms with E-state index in [0.717, 1.165) is 25.4 Å². The summed E-state index contributed by atoms with van der Waals surface area (Å²) in [6, 6.07) is 8.06. The number of benzene rings is 1. The van der Waals surface area contributed by atoms with Gasteiger partial charge in [0.25, 0.3) is 0 Å². The van der Waals surface area contributed by atoms with Crippen LogP contribution < -0.4 is 4.74 Å². The number of carbonyl (C=O) groups excluding carboxylic acids is 1. The van der Waals surface area contributed by atoms with Crippen LogP contribution in [0, 0.1) is 5.92 Å². The van der Waals surface area contributed by atoms with E-state index in [4.69, 9.17) is 4.74 Å². The highest BCUT2D eigenvalue weighted by atomic mass is 16.5. The minimum atomic E-state index is 0.165. The van der Waals surface area contributed by atoms with Gasteiger partial charge in [-0.05, 0) is 6.07 Å². The molecule has 2 rings (SSSR count). The molecule has 1 saturated heterocycles. The van der Waals surface area contributed by atoms with E-state index in [9.17, 15) is 4.79 Å². The van der Waals surface area contributed by atoms with Gasteiger partial charge >= 0.3 is 0 Å². The second-order valence-electron chi connectivity index (χ2n) is 4.66. The maximum Gasteiger partial charge on any atom is 0.138 e. The SMILES string of the molecule is COc1ccccc1CN1CCC(=O)C(C)C1. The number of ether oxygens (including phenoxy) is 1. The van der Waals surface area contributed by atoms with E-state index >= 15 is 0 Å². The molecule has 0 saturated carbocycles. The van der Waals surface area contributed by atoms with E-state index in [0.29, 0.717) is 12.2 Å². The summed E-state index contributed by atoms with van der Waals surface area (Å²) in [5.41, 5.74) is 1.19. The third-order valence-corrected chi connectivity index (χ3v) is 3.34. The quantitative estimate of drug-likeness (QED) is 0.800. The van der Waals surface area contributed by atoms with Crippen LogP contribution >= 0.6 is 0 Å². The molecule has 92 valence electrons. The highest BCUT2D eigenvalue weighted by Crippen LogP contribution is 2.21. The maximum absolute atomic E-state index is 11.5. The van der Waals surface area contributed by atoms with Crippen LogP contribution in [-0.4, -0.2) is 30.9 Å². The number of likely N-dealkylation sites (tertiary alicyclic amines) is 1. The highest BCUT2D eigenvalue weighted by Gasteiger charge is 2.23. The number of para-hydroxylation sites is 1. The molecule has 1 aliphatic heterocycles. The van der Waals surface area contributed by atoms with Gasteiger partial charge < -0.3 is 4.74 Å². The Morgan fingerprint density at radius 1 is 1.41 bits per heavy atom. The fraction of sp³-hybridized carbons (Fsp3) is 0.500. The summed E-state index contributed by atoms with van der Waals surface area (Å²) in [5, 5.41) is 0. The number of rotatable bonds is 3. The molecule has 1 aliphatic rings. The maximum atomic E-state index is 11.5. The van der Waals surface area contributed by atoms with Crippen molar-refractivity contribution in [1.82, 2.24) is 4.90 Å². The first-order chi connectivity index (χ1) is 8.20. The van der Waals surface area contributed by atoms with E-state index in [1.807, 2.05) is 25.1 Å². The second kappa shape index (κ2) is 5.32.